The minimum absolute atomic E-state index is 0. The van der Waals surface area contributed by atoms with E-state index in [1.807, 2.05) is 18.2 Å². The van der Waals surface area contributed by atoms with Crippen LogP contribution in [-0.4, -0.2) is 22.0 Å². The van der Waals surface area contributed by atoms with Crippen LogP contribution in [0.5, 0.6) is 0 Å². The normalized spacial score (nSPS) is 21.8. The summed E-state index contributed by atoms with van der Waals surface area (Å²) in [6, 6.07) is 10.2. The fourth-order valence-corrected chi connectivity index (χ4v) is 5.53. The number of benzene rings is 1. The Balaban J connectivity index is 0.00000288. The van der Waals surface area contributed by atoms with Crippen molar-refractivity contribution in [3.05, 3.63) is 47.2 Å². The Labute approximate surface area is 179 Å². The summed E-state index contributed by atoms with van der Waals surface area (Å²) in [5.74, 6) is 6.89. The van der Waals surface area contributed by atoms with Crippen LogP contribution in [0.4, 0.5) is 0 Å². The average molecular weight is 487 g/mol. The molecule has 5 heteroatoms. The van der Waals surface area contributed by atoms with E-state index >= 15 is 0 Å². The molecule has 1 saturated carbocycles. The van der Waals surface area contributed by atoms with E-state index in [9.17, 15) is 0 Å². The van der Waals surface area contributed by atoms with Crippen LogP contribution in [0.1, 0.15) is 24.8 Å². The van der Waals surface area contributed by atoms with Crippen molar-refractivity contribution >= 4 is 16.4 Å². The molecule has 1 aliphatic carbocycles. The minimum atomic E-state index is -1.70. The zero-order chi connectivity index (χ0) is 17.1. The zero-order valence-corrected chi connectivity index (χ0v) is 23.1. The average Bonchev–Trinajstić information content (AvgIpc) is 2.77. The molecule has 1 aliphatic rings. The Morgan fingerprint density at radius 3 is 2.12 bits per heavy atom. The van der Waals surface area contributed by atoms with Crippen molar-refractivity contribution in [1.29, 1.82) is 0 Å². The maximum Gasteiger partial charge on any atom is 0.186 e. The first kappa shape index (κ1) is 25.0. The van der Waals surface area contributed by atoms with Crippen LogP contribution in [-0.2, 0) is 23.9 Å². The van der Waals surface area contributed by atoms with Gasteiger partial charge in [0.2, 0.25) is 0 Å². The number of hydrogen-bond donors (Lipinski definition) is 0. The van der Waals surface area contributed by atoms with E-state index in [-0.39, 0.29) is 36.5 Å². The van der Waals surface area contributed by atoms with Gasteiger partial charge in [-0.05, 0) is 56.6 Å². The summed E-state index contributed by atoms with van der Waals surface area (Å²) in [6.07, 6.45) is 3.24. The van der Waals surface area contributed by atoms with Gasteiger partial charge >= 0.3 is 0 Å². The molecule has 0 bridgehead atoms. The predicted molar refractivity (Wildman–Crippen MR) is 104 cm³/mol. The summed E-state index contributed by atoms with van der Waals surface area (Å²) in [5, 5.41) is 0. The molecular weight excluding hydrogens is 458 g/mol. The largest absolute Gasteiger partial charge is 1.00 e. The molecule has 133 valence electrons. The molecule has 1 aromatic carbocycles. The maximum absolute atomic E-state index is 6.65. The van der Waals surface area contributed by atoms with E-state index in [0.29, 0.717) is 0 Å². The van der Waals surface area contributed by atoms with Gasteiger partial charge < -0.3 is 21.4 Å². The molecule has 1 atom stereocenters. The number of hydrogen-bond acceptors (Lipinski definition) is 1. The van der Waals surface area contributed by atoms with Crippen molar-refractivity contribution in [2.75, 3.05) is 0 Å². The van der Waals surface area contributed by atoms with Crippen molar-refractivity contribution in [1.82, 2.24) is 0 Å². The molecule has 0 aromatic heterocycles. The Hall–Kier alpha value is 0.0171. The van der Waals surface area contributed by atoms with Crippen molar-refractivity contribution in [3.63, 3.8) is 0 Å². The molecular formula is C20H29BrOSi2Zn-. The van der Waals surface area contributed by atoms with Gasteiger partial charge in [-0.1, -0.05) is 55.4 Å². The monoisotopic (exact) mass is 484 g/mol. The van der Waals surface area contributed by atoms with Gasteiger partial charge in [-0.2, -0.15) is 0 Å². The summed E-state index contributed by atoms with van der Waals surface area (Å²) in [7, 11) is -3.11. The van der Waals surface area contributed by atoms with Crippen LogP contribution < -0.4 is 17.0 Å². The third-order valence-electron chi connectivity index (χ3n) is 3.63. The third kappa shape index (κ3) is 8.06. The van der Waals surface area contributed by atoms with Crippen LogP contribution >= 0.6 is 0 Å². The molecule has 0 unspecified atom stereocenters. The van der Waals surface area contributed by atoms with E-state index < -0.39 is 22.0 Å². The molecule has 1 radical (unpaired) electrons. The molecule has 0 spiro atoms. The molecule has 25 heavy (non-hydrogen) atoms. The first-order valence-electron chi connectivity index (χ1n) is 8.53. The number of rotatable bonds is 3. The second kappa shape index (κ2) is 9.81. The fraction of sp³-hybridized carbons (Fsp3) is 0.500. The SMILES string of the molecule is C[Si](C)(C)[C]=C1CCC[C@@]1(C#Cc1ccccc1)O[Si](C)(C)C.[Br-].[Zn]. The van der Waals surface area contributed by atoms with Gasteiger partial charge in [0.1, 0.15) is 5.60 Å². The van der Waals surface area contributed by atoms with Crippen molar-refractivity contribution in [3.8, 4) is 11.8 Å². The second-order valence-corrected chi connectivity index (χ2v) is 17.5. The molecule has 0 N–H and O–H groups in total. The quantitative estimate of drug-likeness (QED) is 0.471. The van der Waals surface area contributed by atoms with Crippen molar-refractivity contribution in [2.24, 2.45) is 0 Å². The molecule has 1 aromatic rings. The molecule has 1 fully saturated rings. The Morgan fingerprint density at radius 1 is 1.00 bits per heavy atom. The molecule has 1 nitrogen and oxygen atoms in total. The van der Waals surface area contributed by atoms with Crippen molar-refractivity contribution in [2.45, 2.75) is 64.1 Å². The summed E-state index contributed by atoms with van der Waals surface area (Å²) in [4.78, 5) is 0. The van der Waals surface area contributed by atoms with Crippen LogP contribution in [0, 0.1) is 17.5 Å². The molecule has 2 rings (SSSR count). The maximum atomic E-state index is 6.65. The van der Waals surface area contributed by atoms with Crippen LogP contribution in [0.2, 0.25) is 39.3 Å². The second-order valence-electron chi connectivity index (χ2n) is 8.36. The zero-order valence-electron chi connectivity index (χ0n) is 16.5. The van der Waals surface area contributed by atoms with Gasteiger partial charge in [-0.3, -0.25) is 0 Å². The van der Waals surface area contributed by atoms with E-state index in [2.05, 4.69) is 69.0 Å². The number of halogens is 1. The van der Waals surface area contributed by atoms with E-state index in [0.717, 1.165) is 24.8 Å². The molecule has 0 aliphatic heterocycles. The van der Waals surface area contributed by atoms with Crippen LogP contribution in [0.15, 0.2) is 35.9 Å². The van der Waals surface area contributed by atoms with E-state index in [1.165, 1.54) is 5.57 Å². The van der Waals surface area contributed by atoms with Gasteiger partial charge in [0.25, 0.3) is 0 Å². The Kier molecular flexibility index (Phi) is 9.82. The minimum Gasteiger partial charge on any atom is -1.00 e. The Morgan fingerprint density at radius 2 is 1.60 bits per heavy atom. The van der Waals surface area contributed by atoms with Crippen LogP contribution in [0.3, 0.4) is 0 Å². The first-order valence-corrected chi connectivity index (χ1v) is 15.4. The standard InChI is InChI=1S/C20H29OSi2.BrH.Zn/c1-22(2,3)17-19-13-10-15-20(19,21-23(4,5)6)16-14-18-11-8-7-9-12-18;;/h7-9,11-12H,10,13,15H2,1-6H3;1H;/p-1/t20-;;/m0../s1. The summed E-state index contributed by atoms with van der Waals surface area (Å²) in [5.41, 5.74) is 5.80. The van der Waals surface area contributed by atoms with Crippen LogP contribution in [0.25, 0.3) is 0 Å². The molecule has 0 amide bonds. The summed E-state index contributed by atoms with van der Waals surface area (Å²) < 4.78 is 6.65. The smallest absolute Gasteiger partial charge is 0.186 e. The predicted octanol–water partition coefficient (Wildman–Crippen LogP) is 2.42. The van der Waals surface area contributed by atoms with Crippen molar-refractivity contribution < 1.29 is 40.9 Å². The fourth-order valence-electron chi connectivity index (χ4n) is 2.98. The third-order valence-corrected chi connectivity index (χ3v) is 5.64. The van der Waals surface area contributed by atoms with Gasteiger partial charge in [0.15, 0.2) is 8.32 Å². The van der Waals surface area contributed by atoms with E-state index in [4.69, 9.17) is 4.43 Å². The molecule has 0 saturated heterocycles. The topological polar surface area (TPSA) is 9.23 Å². The van der Waals surface area contributed by atoms with Gasteiger partial charge in [0.05, 0.1) is 8.07 Å². The Bertz CT molecular complexity index is 636. The van der Waals surface area contributed by atoms with Gasteiger partial charge in [0, 0.05) is 25.0 Å². The van der Waals surface area contributed by atoms with Gasteiger partial charge in [-0.25, -0.2) is 0 Å². The first-order chi connectivity index (χ1) is 10.6. The van der Waals surface area contributed by atoms with E-state index in [1.54, 1.807) is 0 Å². The summed E-state index contributed by atoms with van der Waals surface area (Å²) in [6.45, 7) is 13.8. The summed E-state index contributed by atoms with van der Waals surface area (Å²) >= 11 is 0. The van der Waals surface area contributed by atoms with Gasteiger partial charge in [-0.15, -0.1) is 0 Å². The molecule has 0 heterocycles.